The number of amides is 2. The van der Waals surface area contributed by atoms with Gasteiger partial charge in [0.15, 0.2) is 5.78 Å². The van der Waals surface area contributed by atoms with Crippen molar-refractivity contribution in [1.82, 2.24) is 15.1 Å². The average molecular weight is 295 g/mol. The van der Waals surface area contributed by atoms with Crippen molar-refractivity contribution in [2.45, 2.75) is 6.04 Å². The summed E-state index contributed by atoms with van der Waals surface area (Å²) >= 11 is 0. The summed E-state index contributed by atoms with van der Waals surface area (Å²) in [4.78, 5) is 27.2. The Hall–Kier alpha value is -2.02. The highest BCUT2D eigenvalue weighted by Gasteiger charge is 2.35. The van der Waals surface area contributed by atoms with Crippen LogP contribution in [0.2, 0.25) is 0 Å². The number of benzene rings is 1. The first-order valence-electron chi connectivity index (χ1n) is 6.79. The maximum Gasteiger partial charge on any atom is 0.317 e. The Labute approximate surface area is 120 Å². The molecule has 0 spiro atoms. The van der Waals surface area contributed by atoms with Crippen LogP contribution in [0.15, 0.2) is 18.2 Å². The van der Waals surface area contributed by atoms with Gasteiger partial charge in [-0.15, -0.1) is 0 Å². The van der Waals surface area contributed by atoms with E-state index in [4.69, 9.17) is 0 Å². The van der Waals surface area contributed by atoms with Gasteiger partial charge in [-0.1, -0.05) is 0 Å². The number of urea groups is 1. The Balaban J connectivity index is 1.66. The first-order valence-corrected chi connectivity index (χ1v) is 6.79. The second-order valence-electron chi connectivity index (χ2n) is 5.32. The van der Waals surface area contributed by atoms with Crippen LogP contribution in [-0.2, 0) is 0 Å². The molecular weight excluding hydrogens is 280 g/mol. The molecule has 0 bridgehead atoms. The molecule has 0 aromatic heterocycles. The fraction of sp³-hybridized carbons (Fsp3) is 0.429. The minimum Gasteiger partial charge on any atom is -0.336 e. The summed E-state index contributed by atoms with van der Waals surface area (Å²) in [5.74, 6) is -1.79. The normalized spacial score (nSPS) is 22.1. The third-order valence-electron chi connectivity index (χ3n) is 3.91. The Morgan fingerprint density at radius 2 is 2.14 bits per heavy atom. The Morgan fingerprint density at radius 3 is 2.95 bits per heavy atom. The van der Waals surface area contributed by atoms with E-state index in [9.17, 15) is 18.4 Å². The second kappa shape index (κ2) is 5.40. The van der Waals surface area contributed by atoms with Gasteiger partial charge in [0, 0.05) is 26.2 Å². The summed E-state index contributed by atoms with van der Waals surface area (Å²) in [5.41, 5.74) is -0.224. The van der Waals surface area contributed by atoms with E-state index >= 15 is 0 Å². The highest BCUT2D eigenvalue weighted by atomic mass is 19.1. The molecule has 2 heterocycles. The number of piperazine rings is 1. The van der Waals surface area contributed by atoms with Crippen LogP contribution >= 0.6 is 0 Å². The van der Waals surface area contributed by atoms with E-state index in [-0.39, 0.29) is 24.2 Å². The number of nitrogens with zero attached hydrogens (tertiary/aromatic N) is 2. The zero-order valence-corrected chi connectivity index (χ0v) is 11.3. The zero-order valence-electron chi connectivity index (χ0n) is 11.3. The molecule has 2 amide bonds. The van der Waals surface area contributed by atoms with Gasteiger partial charge in [-0.25, -0.2) is 13.6 Å². The maximum absolute atomic E-state index is 13.6. The van der Waals surface area contributed by atoms with Gasteiger partial charge < -0.3 is 10.2 Å². The lowest BCUT2D eigenvalue weighted by Gasteiger charge is -2.35. The van der Waals surface area contributed by atoms with Crippen LogP contribution in [0, 0.1) is 11.6 Å². The van der Waals surface area contributed by atoms with Crippen LogP contribution in [0.1, 0.15) is 10.4 Å². The Bertz CT molecular complexity index is 594. The molecule has 5 nitrogen and oxygen atoms in total. The van der Waals surface area contributed by atoms with Gasteiger partial charge in [0.2, 0.25) is 0 Å². The van der Waals surface area contributed by atoms with Gasteiger partial charge in [0.25, 0.3) is 0 Å². The van der Waals surface area contributed by atoms with Crippen molar-refractivity contribution in [2.75, 3.05) is 32.7 Å². The summed E-state index contributed by atoms with van der Waals surface area (Å²) in [7, 11) is 0. The van der Waals surface area contributed by atoms with E-state index < -0.39 is 17.4 Å². The van der Waals surface area contributed by atoms with Gasteiger partial charge >= 0.3 is 6.03 Å². The van der Waals surface area contributed by atoms with E-state index in [1.165, 1.54) is 0 Å². The molecule has 112 valence electrons. The maximum atomic E-state index is 13.6. The van der Waals surface area contributed by atoms with Gasteiger partial charge in [-0.3, -0.25) is 9.69 Å². The Morgan fingerprint density at radius 1 is 1.33 bits per heavy atom. The van der Waals surface area contributed by atoms with Gasteiger partial charge in [-0.05, 0) is 18.2 Å². The molecule has 0 radical (unpaired) electrons. The topological polar surface area (TPSA) is 52.7 Å². The molecule has 1 unspecified atom stereocenters. The molecule has 21 heavy (non-hydrogen) atoms. The summed E-state index contributed by atoms with van der Waals surface area (Å²) in [6, 6.07) is 2.83. The third kappa shape index (κ3) is 2.73. The van der Waals surface area contributed by atoms with Gasteiger partial charge in [0.05, 0.1) is 18.2 Å². The SMILES string of the molecule is O=C(CN1CCN2C(=O)NCC2C1)c1cc(F)ccc1F. The number of carbonyl (C=O) groups excluding carboxylic acids is 2. The van der Waals surface area contributed by atoms with E-state index in [2.05, 4.69) is 5.32 Å². The van der Waals surface area contributed by atoms with Crippen LogP contribution in [-0.4, -0.2) is 60.4 Å². The monoisotopic (exact) mass is 295 g/mol. The molecule has 0 aliphatic carbocycles. The summed E-state index contributed by atoms with van der Waals surface area (Å²) in [6.45, 7) is 2.22. The van der Waals surface area contributed by atoms with Crippen molar-refractivity contribution in [3.05, 3.63) is 35.4 Å². The van der Waals surface area contributed by atoms with E-state index in [0.717, 1.165) is 18.2 Å². The number of Topliss-reactive ketones (excluding diaryl/α,β-unsaturated/α-hetero) is 1. The molecule has 2 aliphatic rings. The molecule has 2 saturated heterocycles. The fourth-order valence-corrected chi connectivity index (χ4v) is 2.81. The van der Waals surface area contributed by atoms with Crippen molar-refractivity contribution >= 4 is 11.8 Å². The van der Waals surface area contributed by atoms with Crippen molar-refractivity contribution in [2.24, 2.45) is 0 Å². The lowest BCUT2D eigenvalue weighted by atomic mass is 10.1. The number of carbonyl (C=O) groups is 2. The van der Waals surface area contributed by atoms with Crippen molar-refractivity contribution < 1.29 is 18.4 Å². The van der Waals surface area contributed by atoms with E-state index in [0.29, 0.717) is 26.2 Å². The first kappa shape index (κ1) is 13.9. The first-order chi connectivity index (χ1) is 10.0. The summed E-state index contributed by atoms with van der Waals surface area (Å²) in [6.07, 6.45) is 0. The molecule has 3 rings (SSSR count). The number of nitrogens with one attached hydrogen (secondary N) is 1. The van der Waals surface area contributed by atoms with Crippen molar-refractivity contribution in [3.8, 4) is 0 Å². The quantitative estimate of drug-likeness (QED) is 0.841. The minimum absolute atomic E-state index is 0.0267. The van der Waals surface area contributed by atoms with Crippen LogP contribution in [0.5, 0.6) is 0 Å². The highest BCUT2D eigenvalue weighted by Crippen LogP contribution is 2.16. The molecule has 1 aromatic carbocycles. The number of hydrogen-bond acceptors (Lipinski definition) is 3. The van der Waals surface area contributed by atoms with Crippen LogP contribution < -0.4 is 5.32 Å². The smallest absolute Gasteiger partial charge is 0.317 e. The second-order valence-corrected chi connectivity index (χ2v) is 5.32. The number of halogens is 2. The van der Waals surface area contributed by atoms with E-state index in [1.54, 1.807) is 4.90 Å². The largest absolute Gasteiger partial charge is 0.336 e. The lowest BCUT2D eigenvalue weighted by molar-refractivity contribution is 0.0834. The van der Waals surface area contributed by atoms with Crippen LogP contribution in [0.3, 0.4) is 0 Å². The van der Waals surface area contributed by atoms with Gasteiger partial charge in [-0.2, -0.15) is 0 Å². The molecule has 2 fully saturated rings. The van der Waals surface area contributed by atoms with Crippen molar-refractivity contribution in [1.29, 1.82) is 0 Å². The van der Waals surface area contributed by atoms with Crippen molar-refractivity contribution in [3.63, 3.8) is 0 Å². The molecule has 1 atom stereocenters. The molecule has 7 heteroatoms. The highest BCUT2D eigenvalue weighted by molar-refractivity contribution is 5.97. The summed E-state index contributed by atoms with van der Waals surface area (Å²) in [5, 5.41) is 2.75. The predicted molar refractivity (Wildman–Crippen MR) is 71.0 cm³/mol. The number of rotatable bonds is 3. The third-order valence-corrected chi connectivity index (χ3v) is 3.91. The lowest BCUT2D eigenvalue weighted by Crippen LogP contribution is -2.53. The standard InChI is InChI=1S/C14H15F2N3O2/c15-9-1-2-12(16)11(5-9)13(20)8-18-3-4-19-10(7-18)6-17-14(19)21/h1-2,5,10H,3-4,6-8H2,(H,17,21). The number of hydrogen-bond donors (Lipinski definition) is 1. The summed E-state index contributed by atoms with van der Waals surface area (Å²) < 4.78 is 26.7. The average Bonchev–Trinajstić information content (AvgIpc) is 2.82. The van der Waals surface area contributed by atoms with Crippen LogP contribution in [0.4, 0.5) is 13.6 Å². The molecule has 2 aliphatic heterocycles. The number of fused-ring (bicyclic) bond motifs is 1. The minimum atomic E-state index is -0.710. The molecule has 1 N–H and O–H groups in total. The molecule has 0 saturated carbocycles. The molecular formula is C14H15F2N3O2. The number of ketones is 1. The van der Waals surface area contributed by atoms with Crippen LogP contribution in [0.25, 0.3) is 0 Å². The van der Waals surface area contributed by atoms with Gasteiger partial charge in [0.1, 0.15) is 11.6 Å². The zero-order chi connectivity index (χ0) is 15.0. The fourth-order valence-electron chi connectivity index (χ4n) is 2.81. The molecule has 1 aromatic rings. The predicted octanol–water partition coefficient (Wildman–Crippen LogP) is 0.857. The Kier molecular flexibility index (Phi) is 3.59. The van der Waals surface area contributed by atoms with E-state index in [1.807, 2.05) is 4.90 Å².